The molecule has 23 nitrogen and oxygen atoms in total. The predicted octanol–water partition coefficient (Wildman–Crippen LogP) is 1.19. The van der Waals surface area contributed by atoms with Gasteiger partial charge in [-0.1, -0.05) is 11.8 Å². The number of carbonyl (C=O) groups excluding carboxylic acids is 6. The maximum Gasteiger partial charge on any atom is 0.413 e. The number of thioether (sulfide) groups is 1. The number of anilines is 1. The lowest BCUT2D eigenvalue weighted by Crippen LogP contribution is -2.52. The van der Waals surface area contributed by atoms with E-state index in [-0.39, 0.29) is 55.5 Å². The molecule has 1 fully saturated rings. The number of nitrogens with two attached hydrogens (primary N) is 1. The van der Waals surface area contributed by atoms with Crippen LogP contribution in [0.2, 0.25) is 0 Å². The normalized spacial score (nSPS) is 18.9. The third-order valence-corrected chi connectivity index (χ3v) is 15.3. The lowest BCUT2D eigenvalue weighted by Gasteiger charge is -2.37. The van der Waals surface area contributed by atoms with Gasteiger partial charge in [0.25, 0.3) is 11.8 Å². The van der Waals surface area contributed by atoms with Crippen molar-refractivity contribution in [1.82, 2.24) is 18.5 Å². The van der Waals surface area contributed by atoms with E-state index in [1.807, 2.05) is 4.90 Å². The number of amides is 2. The molecule has 1 aromatic rings. The van der Waals surface area contributed by atoms with Crippen molar-refractivity contribution in [2.24, 2.45) is 5.14 Å². The molecule has 2 N–H and O–H groups in total. The van der Waals surface area contributed by atoms with E-state index in [9.17, 15) is 45.6 Å². The van der Waals surface area contributed by atoms with Gasteiger partial charge in [-0.2, -0.15) is 4.37 Å². The van der Waals surface area contributed by atoms with E-state index in [4.69, 9.17) is 38.3 Å². The molecule has 1 aromatic heterocycles. The Balaban J connectivity index is 1.26. The summed E-state index contributed by atoms with van der Waals surface area (Å²) >= 11 is 1.44. The number of nitrogens with zero attached hydrogens (tertiary/aromatic N) is 5. The molecule has 0 saturated carbocycles. The van der Waals surface area contributed by atoms with Gasteiger partial charge in [0.15, 0.2) is 29.2 Å². The highest BCUT2D eigenvalue weighted by molar-refractivity contribution is 8.27. The molecule has 352 valence electrons. The van der Waals surface area contributed by atoms with Gasteiger partial charge in [-0.05, 0) is 59.1 Å². The highest BCUT2D eigenvalue weighted by Gasteiger charge is 2.46. The Morgan fingerprint density at radius 3 is 2.29 bits per heavy atom. The van der Waals surface area contributed by atoms with Crippen LogP contribution in [-0.4, -0.2) is 160 Å². The number of rotatable bonds is 20. The van der Waals surface area contributed by atoms with Crippen LogP contribution in [-0.2, 0) is 72.3 Å². The van der Waals surface area contributed by atoms with E-state index < -0.39 is 103 Å². The van der Waals surface area contributed by atoms with E-state index in [0.29, 0.717) is 49.5 Å². The number of primary sulfonamides is 1. The second-order valence-corrected chi connectivity index (χ2v) is 21.1. The van der Waals surface area contributed by atoms with Gasteiger partial charge in [-0.15, -0.1) is 4.37 Å². The smallest absolute Gasteiger partial charge is 0.413 e. The van der Waals surface area contributed by atoms with Gasteiger partial charge in [-0.25, -0.2) is 31.6 Å². The number of sulfone groups is 1. The number of hydrogen-bond acceptors (Lipinski definition) is 22. The lowest BCUT2D eigenvalue weighted by atomic mass is 10.0. The zero-order chi connectivity index (χ0) is 46.7. The molecule has 1 saturated heterocycles. The number of hydrogen-bond donors (Lipinski definition) is 1. The van der Waals surface area contributed by atoms with Gasteiger partial charge >= 0.3 is 30.0 Å². The van der Waals surface area contributed by atoms with Crippen molar-refractivity contribution in [1.29, 1.82) is 0 Å². The van der Waals surface area contributed by atoms with Gasteiger partial charge in [-0.3, -0.25) is 24.1 Å². The number of ether oxygens (including phenoxy) is 7. The maximum atomic E-state index is 13.5. The fourth-order valence-corrected chi connectivity index (χ4v) is 11.3. The molecule has 0 spiro atoms. The molecule has 4 heterocycles. The molecular weight excluding hydrogens is 917 g/mol. The second-order valence-electron chi connectivity index (χ2n) is 15.2. The second kappa shape index (κ2) is 22.4. The number of esters is 4. The number of morpholine rings is 1. The third kappa shape index (κ3) is 14.5. The standard InChI is InChI=1S/C36H52N6O17S4/c1-7-41(26-16-31(63(37,51)52)60-34-25(26)15-22(2)62(34,49)50)35(48)58-21-57-29(46)10-8-9-28(45)55-19-27(44)42(36(4,5)6)17-24(59-30(47)20-54-23(3)43)18-56-33-32(38-61-39-33)40-11-13-53-14-12-40/h16,22,24,26H,7-15,17-21H2,1-6H3,(H2,37,51,52)/t22-,24-,26-/m0/s1. The Morgan fingerprint density at radius 1 is 1.00 bits per heavy atom. The molecule has 3 aliphatic rings. The molecule has 0 radical (unpaired) electrons. The minimum absolute atomic E-state index is 0.0400. The van der Waals surface area contributed by atoms with E-state index in [1.54, 1.807) is 27.7 Å². The van der Waals surface area contributed by atoms with Crippen LogP contribution in [0.3, 0.4) is 0 Å². The summed E-state index contributed by atoms with van der Waals surface area (Å²) in [6.07, 6.45) is -1.57. The van der Waals surface area contributed by atoms with Crippen LogP contribution < -0.4 is 14.8 Å². The van der Waals surface area contributed by atoms with E-state index >= 15 is 0 Å². The monoisotopic (exact) mass is 968 g/mol. The first kappa shape index (κ1) is 51.1. The molecular formula is C36H52N6O17S4. The van der Waals surface area contributed by atoms with Gasteiger partial charge in [0.05, 0.1) is 42.8 Å². The molecule has 0 bridgehead atoms. The molecule has 3 atom stereocenters. The van der Waals surface area contributed by atoms with Crippen LogP contribution >= 0.6 is 23.5 Å². The van der Waals surface area contributed by atoms with Crippen molar-refractivity contribution in [3.8, 4) is 5.88 Å². The lowest BCUT2D eigenvalue weighted by molar-refractivity contribution is -0.166. The average molecular weight is 969 g/mol. The van der Waals surface area contributed by atoms with E-state index in [1.165, 1.54) is 17.9 Å². The molecule has 4 rings (SSSR count). The minimum Gasteiger partial charge on any atom is -0.470 e. The summed E-state index contributed by atoms with van der Waals surface area (Å²) in [5, 5.41) is 4.45. The van der Waals surface area contributed by atoms with Crippen LogP contribution in [0.4, 0.5) is 10.6 Å². The first-order chi connectivity index (χ1) is 29.5. The fraction of sp³-hybridized carbons (Fsp3) is 0.667. The molecule has 0 unspecified atom stereocenters. The molecule has 2 amide bonds. The summed E-state index contributed by atoms with van der Waals surface area (Å²) < 4.78 is 95.0. The average Bonchev–Trinajstić information content (AvgIpc) is 3.77. The van der Waals surface area contributed by atoms with Gasteiger partial charge in [0.2, 0.25) is 22.6 Å². The third-order valence-electron chi connectivity index (χ3n) is 9.46. The summed E-state index contributed by atoms with van der Waals surface area (Å²) in [6.45, 7) is 8.60. The Bertz CT molecular complexity index is 2150. The zero-order valence-corrected chi connectivity index (χ0v) is 38.9. The van der Waals surface area contributed by atoms with Gasteiger partial charge in [0.1, 0.15) is 15.1 Å². The number of likely N-dealkylation sites (N-methyl/N-ethyl adjacent to an activating group) is 1. The van der Waals surface area contributed by atoms with Gasteiger partial charge in [0, 0.05) is 44.9 Å². The van der Waals surface area contributed by atoms with Crippen molar-refractivity contribution in [2.45, 2.75) is 90.2 Å². The highest BCUT2D eigenvalue weighted by atomic mass is 32.3. The van der Waals surface area contributed by atoms with Gasteiger partial charge < -0.3 is 43.0 Å². The Hall–Kier alpha value is -4.57. The number of aromatic nitrogens is 2. The fourth-order valence-electron chi connectivity index (χ4n) is 6.29. The molecule has 27 heteroatoms. The van der Waals surface area contributed by atoms with Crippen molar-refractivity contribution in [3.05, 3.63) is 20.1 Å². The van der Waals surface area contributed by atoms with Crippen molar-refractivity contribution < 1.29 is 78.8 Å². The summed E-state index contributed by atoms with van der Waals surface area (Å²) in [7, 11) is -8.19. The summed E-state index contributed by atoms with van der Waals surface area (Å²) in [6, 6.07) is -1.11. The zero-order valence-electron chi connectivity index (χ0n) is 35.6. The number of carbonyl (C=O) groups is 6. The molecule has 0 aliphatic carbocycles. The van der Waals surface area contributed by atoms with Crippen LogP contribution in [0.25, 0.3) is 0 Å². The van der Waals surface area contributed by atoms with Crippen molar-refractivity contribution in [2.75, 3.05) is 70.9 Å². The maximum absolute atomic E-state index is 13.5. The first-order valence-electron chi connectivity index (χ1n) is 19.6. The quantitative estimate of drug-likeness (QED) is 0.109. The highest BCUT2D eigenvalue weighted by Crippen LogP contribution is 2.48. The summed E-state index contributed by atoms with van der Waals surface area (Å²) in [5.74, 6) is -3.25. The molecule has 63 heavy (non-hydrogen) atoms. The summed E-state index contributed by atoms with van der Waals surface area (Å²) in [4.78, 5) is 79.8. The van der Waals surface area contributed by atoms with Crippen LogP contribution in [0, 0.1) is 0 Å². The largest absolute Gasteiger partial charge is 0.470 e. The van der Waals surface area contributed by atoms with Crippen LogP contribution in [0.1, 0.15) is 67.2 Å². The topological polar surface area (TPSA) is 297 Å². The van der Waals surface area contributed by atoms with E-state index in [0.717, 1.165) is 23.6 Å². The van der Waals surface area contributed by atoms with Crippen molar-refractivity contribution >= 4 is 85.0 Å². The number of sulfonamides is 1. The minimum atomic E-state index is -4.33. The Labute approximate surface area is 373 Å². The van der Waals surface area contributed by atoms with E-state index in [2.05, 4.69) is 8.75 Å². The first-order valence-corrected chi connectivity index (χ1v) is 24.2. The summed E-state index contributed by atoms with van der Waals surface area (Å²) in [5.41, 5.74) is -0.575. The Morgan fingerprint density at radius 2 is 1.67 bits per heavy atom. The van der Waals surface area contributed by atoms with Crippen LogP contribution in [0.15, 0.2) is 20.1 Å². The predicted molar refractivity (Wildman–Crippen MR) is 224 cm³/mol. The Kier molecular flexibility index (Phi) is 18.1. The SMILES string of the molecule is CCN(C(=O)OCOC(=O)CCCC(=O)OCC(=O)N(C[C@@H](COc1nsnc1N1CCOCC1)OC(=O)COC(C)=O)C(C)(C)C)[C@H]1C=C(S(N)(=O)=O)SC2=C1C[C@H](C)S2(=O)=O. The molecule has 0 aromatic carbocycles. The molecule has 3 aliphatic heterocycles. The van der Waals surface area contributed by atoms with Crippen LogP contribution in [0.5, 0.6) is 5.88 Å². The van der Waals surface area contributed by atoms with Crippen molar-refractivity contribution in [3.63, 3.8) is 0 Å².